The molecule has 0 aliphatic heterocycles. The summed E-state index contributed by atoms with van der Waals surface area (Å²) in [5, 5.41) is 0. The minimum absolute atomic E-state index is 0.0448. The van der Waals surface area contributed by atoms with Gasteiger partial charge < -0.3 is 5.73 Å². The van der Waals surface area contributed by atoms with Crippen molar-refractivity contribution in [1.29, 1.82) is 0 Å². The van der Waals surface area contributed by atoms with Crippen molar-refractivity contribution in [2.24, 2.45) is 5.73 Å². The first-order valence-electron chi connectivity index (χ1n) is 6.43. The molecule has 102 valence electrons. The van der Waals surface area contributed by atoms with E-state index in [1.165, 1.54) is 0 Å². The number of rotatable bonds is 2. The standard InChI is InChI=1S/C16H17N3O/c1-12-10-16(20)19(13(2)18-12)11-15-7-4-3-6-14(15)8-5-9-17/h3-4,6-7,10H,9,11,17H2,1-2H3. The predicted octanol–water partition coefficient (Wildman–Crippen LogP) is 1.22. The topological polar surface area (TPSA) is 60.9 Å². The van der Waals surface area contributed by atoms with Crippen molar-refractivity contribution in [3.05, 3.63) is 63.3 Å². The summed E-state index contributed by atoms with van der Waals surface area (Å²) in [6.45, 7) is 4.44. The maximum absolute atomic E-state index is 12.1. The van der Waals surface area contributed by atoms with Crippen molar-refractivity contribution in [1.82, 2.24) is 9.55 Å². The Morgan fingerprint density at radius 2 is 2.05 bits per heavy atom. The van der Waals surface area contributed by atoms with Crippen LogP contribution >= 0.6 is 0 Å². The summed E-state index contributed by atoms with van der Waals surface area (Å²) in [6, 6.07) is 9.30. The van der Waals surface area contributed by atoms with E-state index in [4.69, 9.17) is 5.73 Å². The number of hydrogen-bond donors (Lipinski definition) is 1. The number of hydrogen-bond acceptors (Lipinski definition) is 3. The van der Waals surface area contributed by atoms with E-state index in [-0.39, 0.29) is 5.56 Å². The second-order valence-corrected chi connectivity index (χ2v) is 4.53. The van der Waals surface area contributed by atoms with Crippen LogP contribution in [0.5, 0.6) is 0 Å². The molecule has 0 radical (unpaired) electrons. The predicted molar refractivity (Wildman–Crippen MR) is 79.4 cm³/mol. The third-order valence-corrected chi connectivity index (χ3v) is 3.00. The van der Waals surface area contributed by atoms with Gasteiger partial charge in [0.2, 0.25) is 0 Å². The quantitative estimate of drug-likeness (QED) is 0.832. The monoisotopic (exact) mass is 267 g/mol. The lowest BCUT2D eigenvalue weighted by Crippen LogP contribution is -2.24. The van der Waals surface area contributed by atoms with Crippen LogP contribution in [0.3, 0.4) is 0 Å². The first kappa shape index (κ1) is 14.0. The summed E-state index contributed by atoms with van der Waals surface area (Å²) in [4.78, 5) is 16.4. The molecule has 0 spiro atoms. The molecule has 0 unspecified atom stereocenters. The van der Waals surface area contributed by atoms with Gasteiger partial charge in [0, 0.05) is 17.3 Å². The molecular formula is C16H17N3O. The zero-order valence-corrected chi connectivity index (χ0v) is 11.7. The Kier molecular flexibility index (Phi) is 4.34. The highest BCUT2D eigenvalue weighted by molar-refractivity contribution is 5.41. The second kappa shape index (κ2) is 6.18. The van der Waals surface area contributed by atoms with Crippen molar-refractivity contribution in [3.8, 4) is 11.8 Å². The van der Waals surface area contributed by atoms with Crippen molar-refractivity contribution < 1.29 is 0 Å². The fourth-order valence-corrected chi connectivity index (χ4v) is 2.05. The molecular weight excluding hydrogens is 250 g/mol. The maximum Gasteiger partial charge on any atom is 0.254 e. The number of nitrogens with zero attached hydrogens (tertiary/aromatic N) is 2. The van der Waals surface area contributed by atoms with Crippen molar-refractivity contribution >= 4 is 0 Å². The normalized spacial score (nSPS) is 9.95. The smallest absolute Gasteiger partial charge is 0.254 e. The SMILES string of the molecule is Cc1cc(=O)n(Cc2ccccc2C#CCN)c(C)n1. The fourth-order valence-electron chi connectivity index (χ4n) is 2.05. The van der Waals surface area contributed by atoms with Gasteiger partial charge in [-0.2, -0.15) is 0 Å². The summed E-state index contributed by atoms with van der Waals surface area (Å²) in [5.74, 6) is 6.58. The van der Waals surface area contributed by atoms with Gasteiger partial charge in [-0.1, -0.05) is 30.0 Å². The van der Waals surface area contributed by atoms with Crippen LogP contribution in [-0.2, 0) is 6.54 Å². The maximum atomic E-state index is 12.1. The highest BCUT2D eigenvalue weighted by Gasteiger charge is 2.06. The molecule has 0 saturated heterocycles. The van der Waals surface area contributed by atoms with Crippen LogP contribution in [0, 0.1) is 25.7 Å². The van der Waals surface area contributed by atoms with E-state index in [0.29, 0.717) is 18.9 Å². The summed E-state index contributed by atoms with van der Waals surface area (Å²) in [6.07, 6.45) is 0. The fraction of sp³-hybridized carbons (Fsp3) is 0.250. The van der Waals surface area contributed by atoms with Crippen LogP contribution in [0.25, 0.3) is 0 Å². The van der Waals surface area contributed by atoms with E-state index in [1.807, 2.05) is 38.1 Å². The number of aryl methyl sites for hydroxylation is 2. The van der Waals surface area contributed by atoms with Gasteiger partial charge in [-0.3, -0.25) is 9.36 Å². The van der Waals surface area contributed by atoms with E-state index >= 15 is 0 Å². The molecule has 4 nitrogen and oxygen atoms in total. The van der Waals surface area contributed by atoms with Gasteiger partial charge in [0.25, 0.3) is 5.56 Å². The molecule has 0 aliphatic rings. The molecule has 1 heterocycles. The van der Waals surface area contributed by atoms with E-state index in [2.05, 4.69) is 16.8 Å². The van der Waals surface area contributed by atoms with Crippen LogP contribution < -0.4 is 11.3 Å². The average Bonchev–Trinajstić information content (AvgIpc) is 2.41. The van der Waals surface area contributed by atoms with E-state index in [0.717, 1.165) is 16.8 Å². The van der Waals surface area contributed by atoms with Crippen LogP contribution in [0.2, 0.25) is 0 Å². The zero-order valence-electron chi connectivity index (χ0n) is 11.7. The molecule has 4 heteroatoms. The molecule has 0 fully saturated rings. The largest absolute Gasteiger partial charge is 0.320 e. The number of nitrogens with two attached hydrogens (primary N) is 1. The minimum Gasteiger partial charge on any atom is -0.320 e. The Hall–Kier alpha value is -2.38. The van der Waals surface area contributed by atoms with E-state index in [1.54, 1.807) is 10.6 Å². The lowest BCUT2D eigenvalue weighted by Gasteiger charge is -2.11. The molecule has 1 aromatic carbocycles. The highest BCUT2D eigenvalue weighted by atomic mass is 16.1. The zero-order chi connectivity index (χ0) is 14.5. The molecule has 0 aliphatic carbocycles. The molecule has 0 atom stereocenters. The van der Waals surface area contributed by atoms with Gasteiger partial charge >= 0.3 is 0 Å². The summed E-state index contributed by atoms with van der Waals surface area (Å²) in [5.41, 5.74) is 7.98. The Labute approximate surface area is 118 Å². The lowest BCUT2D eigenvalue weighted by molar-refractivity contribution is 0.693. The molecule has 2 N–H and O–H groups in total. The molecule has 0 amide bonds. The first-order valence-corrected chi connectivity index (χ1v) is 6.43. The average molecular weight is 267 g/mol. The molecule has 0 bridgehead atoms. The summed E-state index contributed by atoms with van der Waals surface area (Å²) in [7, 11) is 0. The summed E-state index contributed by atoms with van der Waals surface area (Å²) >= 11 is 0. The van der Waals surface area contributed by atoms with Crippen LogP contribution in [-0.4, -0.2) is 16.1 Å². The number of aromatic nitrogens is 2. The van der Waals surface area contributed by atoms with Crippen molar-refractivity contribution in [2.45, 2.75) is 20.4 Å². The van der Waals surface area contributed by atoms with Gasteiger partial charge in [0.15, 0.2) is 0 Å². The van der Waals surface area contributed by atoms with Crippen LogP contribution in [0.1, 0.15) is 22.6 Å². The third-order valence-electron chi connectivity index (χ3n) is 3.00. The van der Waals surface area contributed by atoms with Gasteiger partial charge in [-0.15, -0.1) is 0 Å². The molecule has 20 heavy (non-hydrogen) atoms. The Bertz CT molecular complexity index is 735. The van der Waals surface area contributed by atoms with Gasteiger partial charge in [-0.25, -0.2) is 4.98 Å². The Morgan fingerprint density at radius 1 is 1.30 bits per heavy atom. The van der Waals surface area contributed by atoms with Gasteiger partial charge in [-0.05, 0) is 25.5 Å². The van der Waals surface area contributed by atoms with Crippen LogP contribution in [0.15, 0.2) is 35.1 Å². The Balaban J connectivity index is 2.43. The Morgan fingerprint density at radius 3 is 2.75 bits per heavy atom. The number of benzene rings is 1. The third kappa shape index (κ3) is 3.14. The summed E-state index contributed by atoms with van der Waals surface area (Å²) < 4.78 is 1.65. The van der Waals surface area contributed by atoms with E-state index in [9.17, 15) is 4.79 Å². The molecule has 2 rings (SSSR count). The first-order chi connectivity index (χ1) is 9.61. The molecule has 2 aromatic rings. The van der Waals surface area contributed by atoms with Crippen molar-refractivity contribution in [3.63, 3.8) is 0 Å². The lowest BCUT2D eigenvalue weighted by atomic mass is 10.1. The van der Waals surface area contributed by atoms with Crippen LogP contribution in [0.4, 0.5) is 0 Å². The molecule has 0 saturated carbocycles. The van der Waals surface area contributed by atoms with E-state index < -0.39 is 0 Å². The van der Waals surface area contributed by atoms with Crippen molar-refractivity contribution in [2.75, 3.05) is 6.54 Å². The van der Waals surface area contributed by atoms with Gasteiger partial charge in [0.1, 0.15) is 5.82 Å². The van der Waals surface area contributed by atoms with Gasteiger partial charge in [0.05, 0.1) is 13.1 Å². The highest BCUT2D eigenvalue weighted by Crippen LogP contribution is 2.09. The molecule has 1 aromatic heterocycles. The minimum atomic E-state index is -0.0448. The second-order valence-electron chi connectivity index (χ2n) is 4.53.